The first-order chi connectivity index (χ1) is 10.6. The van der Waals surface area contributed by atoms with E-state index in [0.29, 0.717) is 28.9 Å². The number of piperazine rings is 1. The number of hydrogen-bond acceptors (Lipinski definition) is 2. The molecule has 1 aromatic heterocycles. The number of hydrogen-bond donors (Lipinski definition) is 1. The summed E-state index contributed by atoms with van der Waals surface area (Å²) in [6, 6.07) is 9.00. The van der Waals surface area contributed by atoms with Crippen LogP contribution in [0.15, 0.2) is 41.0 Å². The molecule has 3 rings (SSSR count). The maximum Gasteiger partial charge on any atom is 0.289 e. The van der Waals surface area contributed by atoms with Gasteiger partial charge in [-0.05, 0) is 24.3 Å². The number of benzene rings is 1. The lowest BCUT2D eigenvalue weighted by Crippen LogP contribution is -3.13. The van der Waals surface area contributed by atoms with Crippen LogP contribution in [0.5, 0.6) is 0 Å². The molecule has 0 bridgehead atoms. The number of quaternary nitrogens is 1. The molecule has 0 atom stereocenters. The molecule has 116 valence electrons. The lowest BCUT2D eigenvalue weighted by Gasteiger charge is -2.32. The molecule has 2 heterocycles. The van der Waals surface area contributed by atoms with Crippen molar-refractivity contribution in [3.8, 4) is 0 Å². The van der Waals surface area contributed by atoms with E-state index in [2.05, 4.69) is 0 Å². The number of rotatable bonds is 3. The third kappa shape index (κ3) is 3.29. The largest absolute Gasteiger partial charge is 0.459 e. The highest BCUT2D eigenvalue weighted by atomic mass is 35.5. The van der Waals surface area contributed by atoms with Crippen molar-refractivity contribution in [3.63, 3.8) is 0 Å². The van der Waals surface area contributed by atoms with E-state index >= 15 is 0 Å². The molecule has 1 aliphatic heterocycles. The minimum Gasteiger partial charge on any atom is -0.459 e. The highest BCUT2D eigenvalue weighted by Gasteiger charge is 2.26. The van der Waals surface area contributed by atoms with Crippen molar-refractivity contribution in [2.75, 3.05) is 26.2 Å². The fourth-order valence-electron chi connectivity index (χ4n) is 2.71. The topological polar surface area (TPSA) is 37.9 Å². The molecule has 0 spiro atoms. The lowest BCUT2D eigenvalue weighted by molar-refractivity contribution is -0.917. The van der Waals surface area contributed by atoms with Gasteiger partial charge in [-0.1, -0.05) is 29.3 Å². The zero-order valence-corrected chi connectivity index (χ0v) is 13.5. The second kappa shape index (κ2) is 6.73. The van der Waals surface area contributed by atoms with E-state index < -0.39 is 0 Å². The van der Waals surface area contributed by atoms with Gasteiger partial charge < -0.3 is 14.2 Å². The third-order valence-corrected chi connectivity index (χ3v) is 4.69. The Bertz CT molecular complexity index is 630. The Morgan fingerprint density at radius 2 is 1.82 bits per heavy atom. The number of nitrogens with zero attached hydrogens (tertiary/aromatic N) is 1. The Kier molecular flexibility index (Phi) is 4.71. The van der Waals surface area contributed by atoms with Crippen LogP contribution in [0.4, 0.5) is 0 Å². The van der Waals surface area contributed by atoms with Gasteiger partial charge in [0.05, 0.1) is 42.5 Å². The third-order valence-electron chi connectivity index (χ3n) is 3.98. The Hall–Kier alpha value is -1.49. The molecule has 22 heavy (non-hydrogen) atoms. The summed E-state index contributed by atoms with van der Waals surface area (Å²) in [5, 5.41) is 1.41. The van der Waals surface area contributed by atoms with Gasteiger partial charge in [-0.25, -0.2) is 0 Å². The molecular weight excluding hydrogens is 323 g/mol. The van der Waals surface area contributed by atoms with E-state index in [0.717, 1.165) is 25.2 Å². The molecular formula is C16H17Cl2N2O2+. The summed E-state index contributed by atoms with van der Waals surface area (Å²) in [4.78, 5) is 15.4. The molecule has 1 amide bonds. The molecule has 0 saturated carbocycles. The summed E-state index contributed by atoms with van der Waals surface area (Å²) in [6.45, 7) is 3.93. The van der Waals surface area contributed by atoms with Crippen LogP contribution in [0.1, 0.15) is 16.1 Å². The molecule has 1 aromatic carbocycles. The number of furan rings is 1. The fraction of sp³-hybridized carbons (Fsp3) is 0.312. The molecule has 1 N–H and O–H groups in total. The highest BCUT2D eigenvalue weighted by molar-refractivity contribution is 6.35. The molecule has 0 unspecified atom stereocenters. The molecule has 4 nitrogen and oxygen atoms in total. The van der Waals surface area contributed by atoms with Crippen LogP contribution < -0.4 is 4.90 Å². The van der Waals surface area contributed by atoms with E-state index in [1.165, 1.54) is 11.2 Å². The molecule has 1 aliphatic rings. The molecule has 2 aromatic rings. The van der Waals surface area contributed by atoms with E-state index in [-0.39, 0.29) is 5.91 Å². The predicted octanol–water partition coefficient (Wildman–Crippen LogP) is 2.13. The van der Waals surface area contributed by atoms with E-state index in [1.807, 2.05) is 23.1 Å². The zero-order valence-electron chi connectivity index (χ0n) is 12.0. The van der Waals surface area contributed by atoms with Gasteiger partial charge in [0.15, 0.2) is 5.76 Å². The van der Waals surface area contributed by atoms with Gasteiger partial charge in [-0.3, -0.25) is 4.79 Å². The second-order valence-electron chi connectivity index (χ2n) is 5.40. The van der Waals surface area contributed by atoms with Crippen LogP contribution >= 0.6 is 23.2 Å². The van der Waals surface area contributed by atoms with E-state index in [4.69, 9.17) is 27.6 Å². The van der Waals surface area contributed by atoms with Crippen molar-refractivity contribution in [1.82, 2.24) is 4.90 Å². The van der Waals surface area contributed by atoms with Crippen LogP contribution in [-0.2, 0) is 6.54 Å². The number of nitrogens with one attached hydrogen (secondary N) is 1. The molecule has 1 fully saturated rings. The van der Waals surface area contributed by atoms with Crippen molar-refractivity contribution in [3.05, 3.63) is 58.0 Å². The molecule has 1 saturated heterocycles. The average Bonchev–Trinajstić information content (AvgIpc) is 3.05. The monoisotopic (exact) mass is 339 g/mol. The smallest absolute Gasteiger partial charge is 0.289 e. The Balaban J connectivity index is 1.59. The van der Waals surface area contributed by atoms with E-state index in [1.54, 1.807) is 12.1 Å². The van der Waals surface area contributed by atoms with Crippen LogP contribution in [-0.4, -0.2) is 37.0 Å². The first kappa shape index (κ1) is 15.4. The summed E-state index contributed by atoms with van der Waals surface area (Å²) >= 11 is 12.4. The number of carbonyl (C=O) groups is 1. The molecule has 6 heteroatoms. The van der Waals surface area contributed by atoms with Crippen molar-refractivity contribution in [2.45, 2.75) is 6.54 Å². The maximum absolute atomic E-state index is 12.2. The maximum atomic E-state index is 12.2. The summed E-state index contributed by atoms with van der Waals surface area (Å²) in [6.07, 6.45) is 1.52. The highest BCUT2D eigenvalue weighted by Crippen LogP contribution is 2.23. The quantitative estimate of drug-likeness (QED) is 0.930. The van der Waals surface area contributed by atoms with Crippen molar-refractivity contribution < 1.29 is 14.1 Å². The van der Waals surface area contributed by atoms with Crippen molar-refractivity contribution >= 4 is 29.1 Å². The molecule has 0 radical (unpaired) electrons. The fourth-order valence-corrected chi connectivity index (χ4v) is 3.24. The van der Waals surface area contributed by atoms with Gasteiger partial charge in [0.1, 0.15) is 6.54 Å². The average molecular weight is 340 g/mol. The Morgan fingerprint density at radius 3 is 2.41 bits per heavy atom. The lowest BCUT2D eigenvalue weighted by atomic mass is 10.2. The number of halogens is 2. The van der Waals surface area contributed by atoms with Crippen molar-refractivity contribution in [1.29, 1.82) is 0 Å². The summed E-state index contributed by atoms with van der Waals surface area (Å²) in [5.41, 5.74) is 0.978. The Morgan fingerprint density at radius 1 is 1.14 bits per heavy atom. The zero-order chi connectivity index (χ0) is 15.5. The van der Waals surface area contributed by atoms with Gasteiger partial charge in [-0.2, -0.15) is 0 Å². The molecule has 0 aliphatic carbocycles. The Labute approximate surface area is 139 Å². The minimum absolute atomic E-state index is 0.0418. The van der Waals surface area contributed by atoms with Crippen LogP contribution in [0.2, 0.25) is 10.0 Å². The summed E-state index contributed by atoms with van der Waals surface area (Å²) in [5.74, 6) is 0.359. The van der Waals surface area contributed by atoms with Crippen LogP contribution in [0.25, 0.3) is 0 Å². The van der Waals surface area contributed by atoms with Gasteiger partial charge >= 0.3 is 0 Å². The predicted molar refractivity (Wildman–Crippen MR) is 85.5 cm³/mol. The first-order valence-electron chi connectivity index (χ1n) is 7.24. The van der Waals surface area contributed by atoms with Gasteiger partial charge in [0, 0.05) is 5.56 Å². The second-order valence-corrected chi connectivity index (χ2v) is 6.21. The van der Waals surface area contributed by atoms with Gasteiger partial charge in [0.2, 0.25) is 0 Å². The standard InChI is InChI=1S/C16H16Cl2N2O2/c17-13-3-1-4-14(18)12(13)11-19-6-8-20(9-7-19)16(21)15-5-2-10-22-15/h1-5,10H,6-9,11H2/p+1. The van der Waals surface area contributed by atoms with Crippen molar-refractivity contribution in [2.24, 2.45) is 0 Å². The first-order valence-corrected chi connectivity index (χ1v) is 8.00. The summed E-state index contributed by atoms with van der Waals surface area (Å²) in [7, 11) is 0. The minimum atomic E-state index is -0.0418. The van der Waals surface area contributed by atoms with Gasteiger partial charge in [0.25, 0.3) is 5.91 Å². The van der Waals surface area contributed by atoms with E-state index in [9.17, 15) is 4.79 Å². The van der Waals surface area contributed by atoms with Crippen LogP contribution in [0, 0.1) is 0 Å². The SMILES string of the molecule is O=C(c1ccco1)N1CC[NH+](Cc2c(Cl)cccc2Cl)CC1. The summed E-state index contributed by atoms with van der Waals surface area (Å²) < 4.78 is 5.17. The number of amides is 1. The van der Waals surface area contributed by atoms with Crippen LogP contribution in [0.3, 0.4) is 0 Å². The normalized spacial score (nSPS) is 16.0. The van der Waals surface area contributed by atoms with Gasteiger partial charge in [-0.15, -0.1) is 0 Å². The number of carbonyl (C=O) groups excluding carboxylic acids is 1.